The van der Waals surface area contributed by atoms with Crippen molar-refractivity contribution >= 4 is 5.97 Å². The Morgan fingerprint density at radius 3 is 2.58 bits per heavy atom. The summed E-state index contributed by atoms with van der Waals surface area (Å²) in [5.41, 5.74) is 5.26. The summed E-state index contributed by atoms with van der Waals surface area (Å²) in [6.45, 7) is 8.84. The van der Waals surface area contributed by atoms with Crippen LogP contribution in [0.4, 0.5) is 0 Å². The van der Waals surface area contributed by atoms with Crippen LogP contribution in [-0.4, -0.2) is 30.8 Å². The third kappa shape index (κ3) is 4.18. The minimum absolute atomic E-state index is 0.0775. The van der Waals surface area contributed by atoms with Crippen LogP contribution in [0.3, 0.4) is 0 Å². The molecule has 0 aromatic carbocycles. The molecule has 2 N–H and O–H groups in total. The van der Waals surface area contributed by atoms with E-state index in [9.17, 15) is 4.79 Å². The monoisotopic (exact) mass is 271 g/mol. The molecular weight excluding hydrogens is 242 g/mol. The van der Waals surface area contributed by atoms with Gasteiger partial charge < -0.3 is 15.2 Å². The van der Waals surface area contributed by atoms with Gasteiger partial charge >= 0.3 is 5.97 Å². The minimum atomic E-state index is -0.574. The van der Waals surface area contributed by atoms with Crippen LogP contribution in [0.2, 0.25) is 0 Å². The van der Waals surface area contributed by atoms with Gasteiger partial charge in [0.25, 0.3) is 0 Å². The smallest absolute Gasteiger partial charge is 0.313 e. The molecule has 0 radical (unpaired) electrons. The van der Waals surface area contributed by atoms with E-state index in [1.54, 1.807) is 0 Å². The van der Waals surface area contributed by atoms with E-state index in [2.05, 4.69) is 20.8 Å². The van der Waals surface area contributed by atoms with E-state index in [1.807, 2.05) is 6.92 Å². The van der Waals surface area contributed by atoms with E-state index in [-0.39, 0.29) is 17.7 Å². The minimum Gasteiger partial charge on any atom is -0.466 e. The number of rotatable bonds is 7. The fourth-order valence-electron chi connectivity index (χ4n) is 2.98. The van der Waals surface area contributed by atoms with Gasteiger partial charge in [0.15, 0.2) is 0 Å². The molecule has 1 rings (SSSR count). The lowest BCUT2D eigenvalue weighted by atomic mass is 9.78. The molecule has 1 saturated heterocycles. The molecule has 2 unspecified atom stereocenters. The van der Waals surface area contributed by atoms with Crippen LogP contribution >= 0.6 is 0 Å². The van der Waals surface area contributed by atoms with Crippen molar-refractivity contribution in [3.8, 4) is 0 Å². The van der Waals surface area contributed by atoms with E-state index < -0.39 is 5.41 Å². The maximum atomic E-state index is 12.3. The first-order chi connectivity index (χ1) is 8.89. The number of carbonyl (C=O) groups is 1. The molecule has 0 amide bonds. The van der Waals surface area contributed by atoms with Gasteiger partial charge in [0.2, 0.25) is 0 Å². The van der Waals surface area contributed by atoms with Crippen LogP contribution in [0.15, 0.2) is 0 Å². The van der Waals surface area contributed by atoms with Crippen molar-refractivity contribution in [3.63, 3.8) is 0 Å². The molecule has 0 aromatic heterocycles. The van der Waals surface area contributed by atoms with Gasteiger partial charge in [-0.15, -0.1) is 0 Å². The van der Waals surface area contributed by atoms with Crippen molar-refractivity contribution in [1.82, 2.24) is 0 Å². The van der Waals surface area contributed by atoms with Gasteiger partial charge in [0.05, 0.1) is 23.7 Å². The highest BCUT2D eigenvalue weighted by Gasteiger charge is 2.43. The highest BCUT2D eigenvalue weighted by Crippen LogP contribution is 2.38. The second-order valence-corrected chi connectivity index (χ2v) is 6.20. The Hall–Kier alpha value is -0.610. The van der Waals surface area contributed by atoms with Crippen LogP contribution in [0.5, 0.6) is 0 Å². The van der Waals surface area contributed by atoms with Crippen LogP contribution in [-0.2, 0) is 14.3 Å². The predicted octanol–water partition coefficient (Wildman–Crippen LogP) is 2.64. The Morgan fingerprint density at radius 2 is 2.16 bits per heavy atom. The van der Waals surface area contributed by atoms with Gasteiger partial charge in [-0.1, -0.05) is 13.3 Å². The number of carbonyl (C=O) groups excluding carboxylic acids is 1. The van der Waals surface area contributed by atoms with Crippen molar-refractivity contribution in [2.45, 2.75) is 71.5 Å². The topological polar surface area (TPSA) is 61.5 Å². The fraction of sp³-hybridized carbons (Fsp3) is 0.933. The Kier molecular flexibility index (Phi) is 5.81. The Bertz CT molecular complexity index is 304. The predicted molar refractivity (Wildman–Crippen MR) is 75.8 cm³/mol. The highest BCUT2D eigenvalue weighted by atomic mass is 16.5. The number of ether oxygens (including phenoxy) is 2. The molecule has 4 nitrogen and oxygen atoms in total. The molecule has 2 atom stereocenters. The van der Waals surface area contributed by atoms with E-state index in [4.69, 9.17) is 15.2 Å². The lowest BCUT2D eigenvalue weighted by Gasteiger charge is -2.32. The van der Waals surface area contributed by atoms with Crippen LogP contribution < -0.4 is 5.73 Å². The summed E-state index contributed by atoms with van der Waals surface area (Å²) in [6, 6.07) is 0. The molecule has 0 aliphatic carbocycles. The Balaban J connectivity index is 2.76. The summed E-state index contributed by atoms with van der Waals surface area (Å²) >= 11 is 0. The Morgan fingerprint density at radius 1 is 1.47 bits per heavy atom. The summed E-state index contributed by atoms with van der Waals surface area (Å²) in [6.07, 6.45) is 4.52. The molecule has 112 valence electrons. The summed E-state index contributed by atoms with van der Waals surface area (Å²) in [7, 11) is 0. The number of esters is 1. The first kappa shape index (κ1) is 16.4. The fourth-order valence-corrected chi connectivity index (χ4v) is 2.98. The average Bonchev–Trinajstić information content (AvgIpc) is 2.68. The highest BCUT2D eigenvalue weighted by molar-refractivity contribution is 5.77. The van der Waals surface area contributed by atoms with Crippen molar-refractivity contribution in [1.29, 1.82) is 0 Å². The molecule has 1 heterocycles. The molecule has 0 saturated carbocycles. The quantitative estimate of drug-likeness (QED) is 0.723. The standard InChI is InChI=1S/C15H29NO3/c1-5-8-15(11-16,13(17)18-6-2)10-12-7-9-14(3,4)19-12/h12H,5-11,16H2,1-4H3. The number of hydrogen-bond acceptors (Lipinski definition) is 4. The molecule has 0 aromatic rings. The lowest BCUT2D eigenvalue weighted by Crippen LogP contribution is -2.43. The van der Waals surface area contributed by atoms with Crippen molar-refractivity contribution in [2.24, 2.45) is 11.1 Å². The summed E-state index contributed by atoms with van der Waals surface area (Å²) < 4.78 is 11.3. The van der Waals surface area contributed by atoms with E-state index >= 15 is 0 Å². The third-order valence-electron chi connectivity index (χ3n) is 4.00. The van der Waals surface area contributed by atoms with Gasteiger partial charge in [-0.25, -0.2) is 0 Å². The van der Waals surface area contributed by atoms with Gasteiger partial charge in [-0.3, -0.25) is 4.79 Å². The number of nitrogens with two attached hydrogens (primary N) is 1. The summed E-state index contributed by atoms with van der Waals surface area (Å²) in [5.74, 6) is -0.160. The zero-order valence-electron chi connectivity index (χ0n) is 12.8. The number of hydrogen-bond donors (Lipinski definition) is 1. The van der Waals surface area contributed by atoms with Gasteiger partial charge in [0, 0.05) is 6.54 Å². The van der Waals surface area contributed by atoms with Gasteiger partial charge in [-0.05, 0) is 46.5 Å². The second-order valence-electron chi connectivity index (χ2n) is 6.20. The molecule has 0 spiro atoms. The molecule has 19 heavy (non-hydrogen) atoms. The average molecular weight is 271 g/mol. The van der Waals surface area contributed by atoms with E-state index in [1.165, 1.54) is 0 Å². The SMILES string of the molecule is CCCC(CN)(CC1CCC(C)(C)O1)C(=O)OCC. The lowest BCUT2D eigenvalue weighted by molar-refractivity contribution is -0.158. The van der Waals surface area contributed by atoms with Crippen LogP contribution in [0, 0.1) is 5.41 Å². The zero-order valence-corrected chi connectivity index (χ0v) is 12.8. The van der Waals surface area contributed by atoms with Crippen LogP contribution in [0.25, 0.3) is 0 Å². The first-order valence-electron chi connectivity index (χ1n) is 7.44. The maximum absolute atomic E-state index is 12.3. The van der Waals surface area contributed by atoms with E-state index in [0.717, 1.165) is 25.7 Å². The second kappa shape index (κ2) is 6.71. The molecule has 1 aliphatic rings. The zero-order chi connectivity index (χ0) is 14.5. The molecule has 4 heteroatoms. The molecular formula is C15H29NO3. The summed E-state index contributed by atoms with van der Waals surface area (Å²) in [5, 5.41) is 0. The first-order valence-corrected chi connectivity index (χ1v) is 7.44. The Labute approximate surface area is 117 Å². The summed E-state index contributed by atoms with van der Waals surface area (Å²) in [4.78, 5) is 12.3. The molecule has 1 fully saturated rings. The molecule has 0 bridgehead atoms. The van der Waals surface area contributed by atoms with Crippen molar-refractivity contribution in [2.75, 3.05) is 13.2 Å². The third-order valence-corrected chi connectivity index (χ3v) is 4.00. The van der Waals surface area contributed by atoms with Crippen molar-refractivity contribution in [3.05, 3.63) is 0 Å². The van der Waals surface area contributed by atoms with E-state index in [0.29, 0.717) is 19.6 Å². The largest absolute Gasteiger partial charge is 0.466 e. The maximum Gasteiger partial charge on any atom is 0.313 e. The van der Waals surface area contributed by atoms with Crippen LogP contribution in [0.1, 0.15) is 59.8 Å². The van der Waals surface area contributed by atoms with Crippen molar-refractivity contribution < 1.29 is 14.3 Å². The van der Waals surface area contributed by atoms with Gasteiger partial charge in [0.1, 0.15) is 0 Å². The molecule has 1 aliphatic heterocycles. The normalized spacial score (nSPS) is 25.0. The van der Waals surface area contributed by atoms with Gasteiger partial charge in [-0.2, -0.15) is 0 Å².